The van der Waals surface area contributed by atoms with Gasteiger partial charge in [-0.15, -0.1) is 0 Å². The van der Waals surface area contributed by atoms with Crippen LogP contribution < -0.4 is 10.1 Å². The maximum absolute atomic E-state index is 12.4. The highest BCUT2D eigenvalue weighted by Gasteiger charge is 2.41. The Balaban J connectivity index is 1.63. The van der Waals surface area contributed by atoms with Crippen molar-refractivity contribution in [2.24, 2.45) is 0 Å². The van der Waals surface area contributed by atoms with E-state index in [1.165, 1.54) is 0 Å². The molecule has 0 aliphatic carbocycles. The third kappa shape index (κ3) is 5.04. The topological polar surface area (TPSA) is 75.6 Å². The van der Waals surface area contributed by atoms with Crippen LogP contribution in [0.25, 0.3) is 0 Å². The molecular weight excluding hydrogens is 362 g/mol. The minimum atomic E-state index is -1.17. The highest BCUT2D eigenvalue weighted by molar-refractivity contribution is 7.99. The van der Waals surface area contributed by atoms with E-state index >= 15 is 0 Å². The Labute approximate surface area is 163 Å². The number of rotatable bonds is 7. The standard InChI is InChI=1S/C21H23NO4S/c23-19(22-21(20(24)25)10-12-27-13-11-21)15-26-18-9-5-4-8-17(18)14-16-6-2-1-3-7-16/h1-9H,10-15H2,(H,22,23)(H,24,25). The molecule has 2 N–H and O–H groups in total. The molecule has 0 saturated carbocycles. The Kier molecular flexibility index (Phi) is 6.40. The zero-order valence-corrected chi connectivity index (χ0v) is 15.8. The SMILES string of the molecule is O=C(COc1ccccc1Cc1ccccc1)NC1(C(=O)O)CCSCC1. The first-order chi connectivity index (χ1) is 13.1. The summed E-state index contributed by atoms with van der Waals surface area (Å²) in [5.74, 6) is 0.722. The van der Waals surface area contributed by atoms with Crippen molar-refractivity contribution < 1.29 is 19.4 Å². The lowest BCUT2D eigenvalue weighted by Crippen LogP contribution is -2.57. The van der Waals surface area contributed by atoms with Crippen molar-refractivity contribution in [3.63, 3.8) is 0 Å². The van der Waals surface area contributed by atoms with Crippen molar-refractivity contribution in [3.8, 4) is 5.75 Å². The van der Waals surface area contributed by atoms with E-state index in [4.69, 9.17) is 4.74 Å². The van der Waals surface area contributed by atoms with Crippen molar-refractivity contribution in [1.29, 1.82) is 0 Å². The van der Waals surface area contributed by atoms with E-state index in [0.29, 0.717) is 25.0 Å². The number of amides is 1. The summed E-state index contributed by atoms with van der Waals surface area (Å²) in [7, 11) is 0. The molecule has 0 spiro atoms. The van der Waals surface area contributed by atoms with Crippen molar-refractivity contribution in [2.45, 2.75) is 24.8 Å². The number of para-hydroxylation sites is 1. The summed E-state index contributed by atoms with van der Waals surface area (Å²) < 4.78 is 5.73. The van der Waals surface area contributed by atoms with E-state index < -0.39 is 17.4 Å². The van der Waals surface area contributed by atoms with Crippen LogP contribution in [0.1, 0.15) is 24.0 Å². The van der Waals surface area contributed by atoms with E-state index in [2.05, 4.69) is 5.32 Å². The number of hydrogen-bond acceptors (Lipinski definition) is 4. The van der Waals surface area contributed by atoms with Gasteiger partial charge in [0, 0.05) is 6.42 Å². The van der Waals surface area contributed by atoms with Crippen LogP contribution in [0.4, 0.5) is 0 Å². The highest BCUT2D eigenvalue weighted by Crippen LogP contribution is 2.27. The van der Waals surface area contributed by atoms with Crippen LogP contribution in [0.5, 0.6) is 5.75 Å². The van der Waals surface area contributed by atoms with E-state index in [-0.39, 0.29) is 6.61 Å². The fraction of sp³-hybridized carbons (Fsp3) is 0.333. The second kappa shape index (κ2) is 8.95. The molecule has 6 heteroatoms. The largest absolute Gasteiger partial charge is 0.483 e. The summed E-state index contributed by atoms with van der Waals surface area (Å²) in [6.07, 6.45) is 1.57. The number of carbonyl (C=O) groups is 2. The monoisotopic (exact) mass is 385 g/mol. The van der Waals surface area contributed by atoms with Crippen molar-refractivity contribution in [3.05, 3.63) is 65.7 Å². The molecule has 1 fully saturated rings. The van der Waals surface area contributed by atoms with Gasteiger partial charge in [-0.25, -0.2) is 4.79 Å². The lowest BCUT2D eigenvalue weighted by Gasteiger charge is -2.33. The molecule has 1 saturated heterocycles. The molecular formula is C21H23NO4S. The number of ether oxygens (including phenoxy) is 1. The number of carboxylic acid groups (broad SMARTS) is 1. The summed E-state index contributed by atoms with van der Waals surface area (Å²) >= 11 is 1.71. The van der Waals surface area contributed by atoms with E-state index in [0.717, 1.165) is 22.6 Å². The van der Waals surface area contributed by atoms with Gasteiger partial charge in [0.05, 0.1) is 0 Å². The average molecular weight is 385 g/mol. The first-order valence-electron chi connectivity index (χ1n) is 8.96. The van der Waals surface area contributed by atoms with Gasteiger partial charge in [0.1, 0.15) is 11.3 Å². The maximum Gasteiger partial charge on any atom is 0.329 e. The minimum Gasteiger partial charge on any atom is -0.483 e. The second-order valence-corrected chi connectivity index (χ2v) is 7.83. The van der Waals surface area contributed by atoms with Gasteiger partial charge >= 0.3 is 5.97 Å². The molecule has 3 rings (SSSR count). The van der Waals surface area contributed by atoms with Gasteiger partial charge in [-0.05, 0) is 41.5 Å². The van der Waals surface area contributed by atoms with E-state index in [1.807, 2.05) is 54.6 Å². The summed E-state index contributed by atoms with van der Waals surface area (Å²) in [5, 5.41) is 12.3. The molecule has 142 valence electrons. The molecule has 1 heterocycles. The van der Waals surface area contributed by atoms with Crippen LogP contribution in [-0.2, 0) is 16.0 Å². The molecule has 2 aromatic carbocycles. The lowest BCUT2D eigenvalue weighted by molar-refractivity contribution is -0.148. The third-order valence-corrected chi connectivity index (χ3v) is 5.69. The van der Waals surface area contributed by atoms with Crippen molar-refractivity contribution in [2.75, 3.05) is 18.1 Å². The Hall–Kier alpha value is -2.47. The molecule has 1 aliphatic heterocycles. The number of aliphatic carboxylic acids is 1. The Morgan fingerprint density at radius 2 is 1.70 bits per heavy atom. The molecule has 1 amide bonds. The molecule has 0 aromatic heterocycles. The number of thioether (sulfide) groups is 1. The quantitative estimate of drug-likeness (QED) is 0.766. The van der Waals surface area contributed by atoms with E-state index in [9.17, 15) is 14.7 Å². The van der Waals surface area contributed by atoms with Gasteiger partial charge in [-0.1, -0.05) is 48.5 Å². The summed E-state index contributed by atoms with van der Waals surface area (Å²) in [5.41, 5.74) is 0.968. The van der Waals surface area contributed by atoms with Gasteiger partial charge in [-0.2, -0.15) is 11.8 Å². The van der Waals surface area contributed by atoms with Gasteiger partial charge in [0.15, 0.2) is 6.61 Å². The lowest BCUT2D eigenvalue weighted by atomic mass is 9.92. The predicted octanol–water partition coefficient (Wildman–Crippen LogP) is 3.12. The fourth-order valence-corrected chi connectivity index (χ4v) is 4.35. The van der Waals surface area contributed by atoms with Crippen molar-refractivity contribution >= 4 is 23.6 Å². The van der Waals surface area contributed by atoms with Gasteiger partial charge < -0.3 is 15.2 Å². The normalized spacial score (nSPS) is 15.7. The second-order valence-electron chi connectivity index (χ2n) is 6.61. The number of carbonyl (C=O) groups excluding carboxylic acids is 1. The summed E-state index contributed by atoms with van der Waals surface area (Å²) in [4.78, 5) is 24.0. The molecule has 2 aromatic rings. The molecule has 27 heavy (non-hydrogen) atoms. The molecule has 0 radical (unpaired) electrons. The van der Waals surface area contributed by atoms with E-state index in [1.54, 1.807) is 11.8 Å². The molecule has 0 bridgehead atoms. The van der Waals surface area contributed by atoms with Crippen LogP contribution in [0.15, 0.2) is 54.6 Å². The zero-order valence-electron chi connectivity index (χ0n) is 15.0. The molecule has 0 atom stereocenters. The zero-order chi connectivity index (χ0) is 19.1. The van der Waals surface area contributed by atoms with Crippen LogP contribution in [0, 0.1) is 0 Å². The number of carboxylic acids is 1. The van der Waals surface area contributed by atoms with Gasteiger partial charge in [-0.3, -0.25) is 4.79 Å². The molecule has 0 unspecified atom stereocenters. The third-order valence-electron chi connectivity index (χ3n) is 4.70. The first kappa shape index (κ1) is 19.3. The Morgan fingerprint density at radius 3 is 2.41 bits per heavy atom. The highest BCUT2D eigenvalue weighted by atomic mass is 32.2. The average Bonchev–Trinajstić information content (AvgIpc) is 2.69. The van der Waals surface area contributed by atoms with Crippen molar-refractivity contribution in [1.82, 2.24) is 5.32 Å². The summed E-state index contributed by atoms with van der Waals surface area (Å²) in [6, 6.07) is 17.6. The van der Waals surface area contributed by atoms with Gasteiger partial charge in [0.25, 0.3) is 5.91 Å². The minimum absolute atomic E-state index is 0.200. The Morgan fingerprint density at radius 1 is 1.04 bits per heavy atom. The number of nitrogens with one attached hydrogen (secondary N) is 1. The molecule has 5 nitrogen and oxygen atoms in total. The number of hydrogen-bond donors (Lipinski definition) is 2. The van der Waals surface area contributed by atoms with Crippen LogP contribution in [-0.4, -0.2) is 40.6 Å². The summed E-state index contributed by atoms with van der Waals surface area (Å²) in [6.45, 7) is -0.200. The maximum atomic E-state index is 12.4. The first-order valence-corrected chi connectivity index (χ1v) is 10.1. The smallest absolute Gasteiger partial charge is 0.329 e. The number of benzene rings is 2. The van der Waals surface area contributed by atoms with Crippen LogP contribution in [0.2, 0.25) is 0 Å². The Bertz CT molecular complexity index is 788. The fourth-order valence-electron chi connectivity index (χ4n) is 3.16. The van der Waals surface area contributed by atoms with Crippen LogP contribution >= 0.6 is 11.8 Å². The predicted molar refractivity (Wildman–Crippen MR) is 106 cm³/mol. The van der Waals surface area contributed by atoms with Crippen LogP contribution in [0.3, 0.4) is 0 Å². The molecule has 1 aliphatic rings. The van der Waals surface area contributed by atoms with Gasteiger partial charge in [0.2, 0.25) is 0 Å².